The summed E-state index contributed by atoms with van der Waals surface area (Å²) in [5.74, 6) is 2.71. The minimum atomic E-state index is 0.901. The Labute approximate surface area is 176 Å². The van der Waals surface area contributed by atoms with E-state index in [0.717, 1.165) is 24.1 Å². The molecule has 0 heterocycles. The predicted molar refractivity (Wildman–Crippen MR) is 126 cm³/mol. The first kappa shape index (κ1) is 20.7. The lowest BCUT2D eigenvalue weighted by Gasteiger charge is -2.26. The molecule has 0 aliphatic heterocycles. The zero-order chi connectivity index (χ0) is 20.5. The van der Waals surface area contributed by atoms with Crippen LogP contribution in [0.15, 0.2) is 72.8 Å². The third-order valence-electron chi connectivity index (χ3n) is 5.32. The second-order valence-electron chi connectivity index (χ2n) is 7.57. The van der Waals surface area contributed by atoms with Gasteiger partial charge in [-0.3, -0.25) is 0 Å². The fraction of sp³-hybridized carbons (Fsp3) is 0.286. The Morgan fingerprint density at radius 3 is 1.34 bits per heavy atom. The lowest BCUT2D eigenvalue weighted by Crippen LogP contribution is -2.10. The number of nitrogens with zero attached hydrogens (tertiary/aromatic N) is 1. The zero-order valence-electron chi connectivity index (χ0n) is 17.7. The number of hydrogen-bond acceptors (Lipinski definition) is 1. The number of hydrogen-bond donors (Lipinski definition) is 0. The smallest absolute Gasteiger partial charge is 0.0462 e. The summed E-state index contributed by atoms with van der Waals surface area (Å²) in [7, 11) is 0. The summed E-state index contributed by atoms with van der Waals surface area (Å²) in [4.78, 5) is 2.30. The van der Waals surface area contributed by atoms with Crippen molar-refractivity contribution in [2.24, 2.45) is 0 Å². The van der Waals surface area contributed by atoms with E-state index >= 15 is 0 Å². The molecule has 3 aromatic carbocycles. The van der Waals surface area contributed by atoms with Gasteiger partial charge in [0.1, 0.15) is 0 Å². The lowest BCUT2D eigenvalue weighted by molar-refractivity contribution is 0.795. The Morgan fingerprint density at radius 2 is 1.00 bits per heavy atom. The maximum Gasteiger partial charge on any atom is 0.0462 e. The Kier molecular flexibility index (Phi) is 7.54. The van der Waals surface area contributed by atoms with Gasteiger partial charge in [-0.25, -0.2) is 0 Å². The standard InChI is InChI=1S/C28H31N/c1-4-7-9-24-13-19-27(20-14-24)29(26-17-11-23(6-3)12-18-26)28-21-15-25(16-22-28)10-8-5-2/h3,11-22H,4-5,7-10H2,1-2H3. The summed E-state index contributed by atoms with van der Waals surface area (Å²) in [5.41, 5.74) is 7.14. The molecule has 0 N–H and O–H groups in total. The molecule has 148 valence electrons. The van der Waals surface area contributed by atoms with Gasteiger partial charge >= 0.3 is 0 Å². The molecule has 0 saturated heterocycles. The molecular weight excluding hydrogens is 350 g/mol. The number of unbranched alkanes of at least 4 members (excludes halogenated alkanes) is 2. The van der Waals surface area contributed by atoms with Crippen molar-refractivity contribution in [1.82, 2.24) is 0 Å². The number of terminal acetylenes is 1. The number of rotatable bonds is 9. The van der Waals surface area contributed by atoms with Crippen LogP contribution in [0.5, 0.6) is 0 Å². The van der Waals surface area contributed by atoms with Crippen LogP contribution in [0, 0.1) is 12.3 Å². The van der Waals surface area contributed by atoms with Gasteiger partial charge in [-0.05, 0) is 85.3 Å². The second-order valence-corrected chi connectivity index (χ2v) is 7.57. The minimum Gasteiger partial charge on any atom is -0.311 e. The normalized spacial score (nSPS) is 10.5. The fourth-order valence-corrected chi connectivity index (χ4v) is 3.54. The van der Waals surface area contributed by atoms with E-state index in [2.05, 4.69) is 85.3 Å². The van der Waals surface area contributed by atoms with Gasteiger partial charge in [-0.2, -0.15) is 0 Å². The van der Waals surface area contributed by atoms with Crippen LogP contribution in [0.3, 0.4) is 0 Å². The van der Waals surface area contributed by atoms with Gasteiger partial charge in [0.15, 0.2) is 0 Å². The van der Waals surface area contributed by atoms with Crippen LogP contribution in [0.1, 0.15) is 56.2 Å². The fourth-order valence-electron chi connectivity index (χ4n) is 3.54. The number of aryl methyl sites for hydroxylation is 2. The molecular formula is C28H31N. The van der Waals surface area contributed by atoms with Crippen molar-refractivity contribution < 1.29 is 0 Å². The molecule has 0 aliphatic rings. The quantitative estimate of drug-likeness (QED) is 0.341. The lowest BCUT2D eigenvalue weighted by atomic mass is 10.1. The van der Waals surface area contributed by atoms with Crippen LogP contribution < -0.4 is 4.90 Å². The minimum absolute atomic E-state index is 0.901. The third-order valence-corrected chi connectivity index (χ3v) is 5.32. The Balaban J connectivity index is 1.94. The molecule has 0 aliphatic carbocycles. The first-order valence-corrected chi connectivity index (χ1v) is 10.8. The van der Waals surface area contributed by atoms with Crippen molar-refractivity contribution in [2.45, 2.75) is 52.4 Å². The van der Waals surface area contributed by atoms with Gasteiger partial charge in [0.05, 0.1) is 0 Å². The summed E-state index contributed by atoms with van der Waals surface area (Å²) in [6.07, 6.45) is 12.7. The summed E-state index contributed by atoms with van der Waals surface area (Å²) in [6.45, 7) is 4.47. The van der Waals surface area contributed by atoms with Gasteiger partial charge < -0.3 is 4.90 Å². The molecule has 3 aromatic rings. The molecule has 0 fully saturated rings. The van der Waals surface area contributed by atoms with Crippen LogP contribution in [-0.4, -0.2) is 0 Å². The maximum absolute atomic E-state index is 5.55. The summed E-state index contributed by atoms with van der Waals surface area (Å²) in [5, 5.41) is 0. The number of anilines is 3. The molecule has 0 saturated carbocycles. The van der Waals surface area contributed by atoms with Crippen molar-refractivity contribution in [3.8, 4) is 12.3 Å². The van der Waals surface area contributed by atoms with E-state index in [1.54, 1.807) is 0 Å². The van der Waals surface area contributed by atoms with Crippen LogP contribution >= 0.6 is 0 Å². The average Bonchev–Trinajstić information content (AvgIpc) is 2.78. The highest BCUT2D eigenvalue weighted by atomic mass is 15.1. The van der Waals surface area contributed by atoms with Crippen LogP contribution in [0.2, 0.25) is 0 Å². The molecule has 0 radical (unpaired) electrons. The van der Waals surface area contributed by atoms with Crippen molar-refractivity contribution in [3.63, 3.8) is 0 Å². The molecule has 0 unspecified atom stereocenters. The largest absolute Gasteiger partial charge is 0.311 e. The van der Waals surface area contributed by atoms with Crippen LogP contribution in [-0.2, 0) is 12.8 Å². The Hall–Kier alpha value is -2.98. The molecule has 0 amide bonds. The van der Waals surface area contributed by atoms with Gasteiger partial charge in [-0.15, -0.1) is 6.42 Å². The zero-order valence-corrected chi connectivity index (χ0v) is 17.7. The van der Waals surface area contributed by atoms with Crippen molar-refractivity contribution in [1.29, 1.82) is 0 Å². The van der Waals surface area contributed by atoms with Gasteiger partial charge in [0, 0.05) is 22.6 Å². The topological polar surface area (TPSA) is 3.24 Å². The molecule has 0 spiro atoms. The summed E-state index contributed by atoms with van der Waals surface area (Å²) >= 11 is 0. The van der Waals surface area contributed by atoms with E-state index in [0.29, 0.717) is 0 Å². The molecule has 0 aromatic heterocycles. The molecule has 29 heavy (non-hydrogen) atoms. The van der Waals surface area contributed by atoms with E-state index in [1.807, 2.05) is 12.1 Å². The maximum atomic E-state index is 5.55. The van der Waals surface area contributed by atoms with Crippen molar-refractivity contribution >= 4 is 17.1 Å². The highest BCUT2D eigenvalue weighted by Crippen LogP contribution is 2.35. The Bertz CT molecular complexity index is 861. The highest BCUT2D eigenvalue weighted by Gasteiger charge is 2.12. The third kappa shape index (κ3) is 5.52. The van der Waals surface area contributed by atoms with E-state index in [-0.39, 0.29) is 0 Å². The molecule has 0 atom stereocenters. The SMILES string of the molecule is C#Cc1ccc(N(c2ccc(CCCC)cc2)c2ccc(CCCC)cc2)cc1. The van der Waals surface area contributed by atoms with E-state index in [9.17, 15) is 0 Å². The van der Waals surface area contributed by atoms with Crippen LogP contribution in [0.4, 0.5) is 17.1 Å². The molecule has 0 bridgehead atoms. The van der Waals surface area contributed by atoms with Gasteiger partial charge in [0.25, 0.3) is 0 Å². The number of benzene rings is 3. The van der Waals surface area contributed by atoms with Gasteiger partial charge in [0.2, 0.25) is 0 Å². The molecule has 1 nitrogen and oxygen atoms in total. The monoisotopic (exact) mass is 381 g/mol. The van der Waals surface area contributed by atoms with Crippen LogP contribution in [0.25, 0.3) is 0 Å². The van der Waals surface area contributed by atoms with E-state index in [4.69, 9.17) is 6.42 Å². The van der Waals surface area contributed by atoms with Crippen molar-refractivity contribution in [2.75, 3.05) is 4.90 Å². The second kappa shape index (κ2) is 10.5. The first-order chi connectivity index (χ1) is 14.2. The molecule has 1 heteroatoms. The summed E-state index contributed by atoms with van der Waals surface area (Å²) in [6, 6.07) is 26.1. The van der Waals surface area contributed by atoms with E-state index in [1.165, 1.54) is 48.2 Å². The summed E-state index contributed by atoms with van der Waals surface area (Å²) < 4.78 is 0. The molecule has 3 rings (SSSR count). The highest BCUT2D eigenvalue weighted by molar-refractivity contribution is 5.76. The first-order valence-electron chi connectivity index (χ1n) is 10.8. The van der Waals surface area contributed by atoms with E-state index < -0.39 is 0 Å². The van der Waals surface area contributed by atoms with Gasteiger partial charge in [-0.1, -0.05) is 56.9 Å². The predicted octanol–water partition coefficient (Wildman–Crippen LogP) is 7.82. The Morgan fingerprint density at radius 1 is 0.621 bits per heavy atom. The average molecular weight is 382 g/mol. The van der Waals surface area contributed by atoms with Crippen molar-refractivity contribution in [3.05, 3.63) is 89.5 Å².